The first-order chi connectivity index (χ1) is 6.92. The van der Waals surface area contributed by atoms with Crippen LogP contribution in [0.15, 0.2) is 36.7 Å². The molecule has 0 bridgehead atoms. The highest BCUT2D eigenvalue weighted by Crippen LogP contribution is 2.20. The summed E-state index contributed by atoms with van der Waals surface area (Å²) in [6.45, 7) is 0. The molecule has 0 spiro atoms. The van der Waals surface area contributed by atoms with Crippen molar-refractivity contribution in [3.05, 3.63) is 42.2 Å². The van der Waals surface area contributed by atoms with Crippen molar-refractivity contribution >= 4 is 15.9 Å². The van der Waals surface area contributed by atoms with E-state index in [-0.39, 0.29) is 0 Å². The third kappa shape index (κ3) is 1.87. The van der Waals surface area contributed by atoms with E-state index in [9.17, 15) is 0 Å². The van der Waals surface area contributed by atoms with Gasteiger partial charge in [-0.2, -0.15) is 0 Å². The number of hydrogen-bond acceptors (Lipinski definition) is 1. The van der Waals surface area contributed by atoms with Crippen molar-refractivity contribution in [3.63, 3.8) is 0 Å². The van der Waals surface area contributed by atoms with Crippen molar-refractivity contribution < 1.29 is 0 Å². The minimum Gasteiger partial charge on any atom is -0.345 e. The van der Waals surface area contributed by atoms with Gasteiger partial charge in [-0.05, 0) is 12.0 Å². The van der Waals surface area contributed by atoms with Gasteiger partial charge in [0, 0.05) is 23.3 Å². The molecule has 1 N–H and O–H groups in total. The highest BCUT2D eigenvalue weighted by Gasteiger charge is 2.04. The third-order valence-corrected chi connectivity index (χ3v) is 2.53. The summed E-state index contributed by atoms with van der Waals surface area (Å²) in [6, 6.07) is 8.33. The van der Waals surface area contributed by atoms with Crippen LogP contribution < -0.4 is 0 Å². The second-order valence-corrected chi connectivity index (χ2v) is 3.83. The van der Waals surface area contributed by atoms with Crippen LogP contribution in [-0.4, -0.2) is 15.3 Å². The lowest BCUT2D eigenvalue weighted by molar-refractivity contribution is 1.15. The molecule has 2 nitrogen and oxygen atoms in total. The Labute approximate surface area is 91.5 Å². The van der Waals surface area contributed by atoms with Crippen molar-refractivity contribution in [2.45, 2.75) is 6.42 Å². The lowest BCUT2D eigenvalue weighted by Crippen LogP contribution is -1.91. The monoisotopic (exact) mass is 250 g/mol. The molecule has 2 rings (SSSR count). The standard InChI is InChI=1S/C11H11BrN2/c12-6-5-9-3-1-2-4-10(9)11-13-7-8-14-11/h1-4,7-8H,5-6H2,(H,13,14). The minimum absolute atomic E-state index is 0.946. The molecule has 0 radical (unpaired) electrons. The highest BCUT2D eigenvalue weighted by molar-refractivity contribution is 9.09. The molecule has 1 aromatic carbocycles. The molecule has 0 fully saturated rings. The predicted octanol–water partition coefficient (Wildman–Crippen LogP) is 3.01. The Morgan fingerprint density at radius 1 is 1.29 bits per heavy atom. The van der Waals surface area contributed by atoms with Crippen LogP contribution in [0.2, 0.25) is 0 Å². The number of halogens is 1. The zero-order chi connectivity index (χ0) is 9.80. The van der Waals surface area contributed by atoms with Crippen molar-refractivity contribution in [3.8, 4) is 11.4 Å². The summed E-state index contributed by atoms with van der Waals surface area (Å²) in [5, 5.41) is 0.977. The summed E-state index contributed by atoms with van der Waals surface area (Å²) in [4.78, 5) is 7.38. The van der Waals surface area contributed by atoms with Crippen LogP contribution in [0, 0.1) is 0 Å². The number of imidazole rings is 1. The molecular formula is C11H11BrN2. The van der Waals surface area contributed by atoms with E-state index in [1.165, 1.54) is 11.1 Å². The summed E-state index contributed by atoms with van der Waals surface area (Å²) in [7, 11) is 0. The van der Waals surface area contributed by atoms with E-state index in [1.807, 2.05) is 12.3 Å². The topological polar surface area (TPSA) is 28.7 Å². The molecular weight excluding hydrogens is 240 g/mol. The second-order valence-electron chi connectivity index (χ2n) is 3.03. The number of benzene rings is 1. The number of nitrogens with one attached hydrogen (secondary N) is 1. The maximum Gasteiger partial charge on any atom is 0.137 e. The van der Waals surface area contributed by atoms with Crippen LogP contribution >= 0.6 is 15.9 Å². The Bertz CT molecular complexity index is 395. The van der Waals surface area contributed by atoms with Gasteiger partial charge >= 0.3 is 0 Å². The lowest BCUT2D eigenvalue weighted by atomic mass is 10.1. The van der Waals surface area contributed by atoms with E-state index in [0.29, 0.717) is 0 Å². The number of rotatable bonds is 3. The van der Waals surface area contributed by atoms with Crippen molar-refractivity contribution in [1.29, 1.82) is 0 Å². The van der Waals surface area contributed by atoms with Gasteiger partial charge in [-0.15, -0.1) is 0 Å². The number of aromatic nitrogens is 2. The van der Waals surface area contributed by atoms with E-state index in [1.54, 1.807) is 6.20 Å². The van der Waals surface area contributed by atoms with E-state index in [2.05, 4.69) is 44.1 Å². The largest absolute Gasteiger partial charge is 0.345 e. The van der Waals surface area contributed by atoms with Crippen molar-refractivity contribution in [2.75, 3.05) is 5.33 Å². The smallest absolute Gasteiger partial charge is 0.137 e. The van der Waals surface area contributed by atoms with Crippen LogP contribution in [-0.2, 0) is 6.42 Å². The quantitative estimate of drug-likeness (QED) is 0.834. The van der Waals surface area contributed by atoms with Crippen LogP contribution in [0.3, 0.4) is 0 Å². The average molecular weight is 251 g/mol. The van der Waals surface area contributed by atoms with Crippen LogP contribution in [0.1, 0.15) is 5.56 Å². The first-order valence-electron chi connectivity index (χ1n) is 4.55. The number of alkyl halides is 1. The van der Waals surface area contributed by atoms with Gasteiger partial charge in [-0.3, -0.25) is 0 Å². The number of aryl methyl sites for hydroxylation is 1. The summed E-state index contributed by atoms with van der Waals surface area (Å²) in [5.74, 6) is 0.946. The minimum atomic E-state index is 0.946. The fourth-order valence-electron chi connectivity index (χ4n) is 1.48. The molecule has 1 heterocycles. The third-order valence-electron chi connectivity index (χ3n) is 2.13. The van der Waals surface area contributed by atoms with E-state index < -0.39 is 0 Å². The maximum atomic E-state index is 4.26. The molecule has 0 saturated heterocycles. The summed E-state index contributed by atoms with van der Waals surface area (Å²) in [6.07, 6.45) is 4.65. The molecule has 3 heteroatoms. The molecule has 14 heavy (non-hydrogen) atoms. The average Bonchev–Trinajstić information content (AvgIpc) is 2.72. The van der Waals surface area contributed by atoms with Crippen molar-refractivity contribution in [1.82, 2.24) is 9.97 Å². The number of nitrogens with zero attached hydrogens (tertiary/aromatic N) is 1. The Kier molecular flexibility index (Phi) is 2.99. The van der Waals surface area contributed by atoms with Gasteiger partial charge in [-0.25, -0.2) is 4.98 Å². The fraction of sp³-hybridized carbons (Fsp3) is 0.182. The molecule has 0 unspecified atom stereocenters. The molecule has 0 aliphatic rings. The first-order valence-corrected chi connectivity index (χ1v) is 5.67. The Balaban J connectivity index is 2.42. The molecule has 1 aromatic heterocycles. The maximum absolute atomic E-state index is 4.26. The van der Waals surface area contributed by atoms with Gasteiger partial charge in [0.2, 0.25) is 0 Å². The predicted molar refractivity (Wildman–Crippen MR) is 61.5 cm³/mol. The molecule has 0 aliphatic heterocycles. The molecule has 0 saturated carbocycles. The molecule has 2 aromatic rings. The zero-order valence-electron chi connectivity index (χ0n) is 7.70. The van der Waals surface area contributed by atoms with E-state index in [4.69, 9.17) is 0 Å². The number of aromatic amines is 1. The van der Waals surface area contributed by atoms with E-state index in [0.717, 1.165) is 17.6 Å². The summed E-state index contributed by atoms with van der Waals surface area (Å²) >= 11 is 3.45. The van der Waals surface area contributed by atoms with Gasteiger partial charge < -0.3 is 4.98 Å². The van der Waals surface area contributed by atoms with Crippen LogP contribution in [0.25, 0.3) is 11.4 Å². The Morgan fingerprint density at radius 3 is 2.86 bits per heavy atom. The molecule has 0 aliphatic carbocycles. The van der Waals surface area contributed by atoms with Gasteiger partial charge in [0.1, 0.15) is 5.82 Å². The molecule has 72 valence electrons. The molecule has 0 atom stereocenters. The first kappa shape index (κ1) is 9.46. The zero-order valence-corrected chi connectivity index (χ0v) is 9.29. The van der Waals surface area contributed by atoms with Gasteiger partial charge in [0.25, 0.3) is 0 Å². The van der Waals surface area contributed by atoms with Gasteiger partial charge in [-0.1, -0.05) is 40.2 Å². The number of hydrogen-bond donors (Lipinski definition) is 1. The highest BCUT2D eigenvalue weighted by atomic mass is 79.9. The molecule has 0 amide bonds. The van der Waals surface area contributed by atoms with Gasteiger partial charge in [0.15, 0.2) is 0 Å². The summed E-state index contributed by atoms with van der Waals surface area (Å²) in [5.41, 5.74) is 2.51. The second kappa shape index (κ2) is 4.42. The van der Waals surface area contributed by atoms with Crippen LogP contribution in [0.4, 0.5) is 0 Å². The number of H-pyrrole nitrogens is 1. The van der Waals surface area contributed by atoms with Gasteiger partial charge in [0.05, 0.1) is 0 Å². The lowest BCUT2D eigenvalue weighted by Gasteiger charge is -2.04. The fourth-order valence-corrected chi connectivity index (χ4v) is 1.91. The Hall–Kier alpha value is -1.09. The van der Waals surface area contributed by atoms with Crippen LogP contribution in [0.5, 0.6) is 0 Å². The van der Waals surface area contributed by atoms with Crippen molar-refractivity contribution in [2.24, 2.45) is 0 Å². The summed E-state index contributed by atoms with van der Waals surface area (Å²) < 4.78 is 0. The van der Waals surface area contributed by atoms with E-state index >= 15 is 0 Å². The Morgan fingerprint density at radius 2 is 2.14 bits per heavy atom. The normalized spacial score (nSPS) is 10.4. The SMILES string of the molecule is BrCCc1ccccc1-c1ncc[nH]1.